The Hall–Kier alpha value is -2.29. The van der Waals surface area contributed by atoms with Crippen molar-refractivity contribution in [2.24, 2.45) is 4.99 Å². The predicted molar refractivity (Wildman–Crippen MR) is 134 cm³/mol. The zero-order valence-corrected chi connectivity index (χ0v) is 20.3. The van der Waals surface area contributed by atoms with E-state index < -0.39 is 0 Å². The summed E-state index contributed by atoms with van der Waals surface area (Å²) in [7, 11) is 0. The molecular weight excluding hydrogens is 491 g/mol. The van der Waals surface area contributed by atoms with E-state index in [-0.39, 0.29) is 41.0 Å². The first-order valence-electron chi connectivity index (χ1n) is 10.1. The minimum absolute atomic E-state index is 0. The van der Waals surface area contributed by atoms with E-state index in [0.29, 0.717) is 25.2 Å². The van der Waals surface area contributed by atoms with Gasteiger partial charge in [-0.1, -0.05) is 50.2 Å². The Balaban J connectivity index is 0.00000450. The summed E-state index contributed by atoms with van der Waals surface area (Å²) in [5, 5.41) is 18.9. The van der Waals surface area contributed by atoms with Crippen LogP contribution in [-0.4, -0.2) is 43.2 Å². The van der Waals surface area contributed by atoms with Crippen molar-refractivity contribution in [3.8, 4) is 5.75 Å². The number of carbonyl (C=O) groups excluding carboxylic acids is 1. The average molecular weight is 524 g/mol. The zero-order valence-electron chi connectivity index (χ0n) is 17.9. The quantitative estimate of drug-likeness (QED) is 0.175. The number of nitrogens with zero attached hydrogens (tertiary/aromatic N) is 1. The lowest BCUT2D eigenvalue weighted by Crippen LogP contribution is -2.39. The standard InChI is InChI=1S/C23H32N4O2.HI/c1-4-24-22(27-17-23(2,3)19-11-6-5-7-12-19)26-15-9-14-25-21(29)18-10-8-13-20(28)16-18;/h5-8,10-13,16,28H,4,9,14-15,17H2,1-3H3,(H,25,29)(H2,24,26,27);1H. The van der Waals surface area contributed by atoms with Crippen LogP contribution in [0.15, 0.2) is 59.6 Å². The molecule has 0 heterocycles. The monoisotopic (exact) mass is 524 g/mol. The molecule has 0 aliphatic rings. The van der Waals surface area contributed by atoms with Gasteiger partial charge in [-0.25, -0.2) is 0 Å². The number of benzene rings is 2. The van der Waals surface area contributed by atoms with Gasteiger partial charge in [-0.05, 0) is 37.1 Å². The number of aliphatic imine (C=N–C) groups is 1. The Kier molecular flexibility index (Phi) is 11.2. The fraction of sp³-hybridized carbons (Fsp3) is 0.391. The van der Waals surface area contributed by atoms with Gasteiger partial charge in [0.05, 0.1) is 6.54 Å². The number of phenolic OH excluding ortho intramolecular Hbond substituents is 1. The van der Waals surface area contributed by atoms with Crippen molar-refractivity contribution in [1.82, 2.24) is 16.0 Å². The van der Waals surface area contributed by atoms with E-state index in [2.05, 4.69) is 54.1 Å². The average Bonchev–Trinajstić information content (AvgIpc) is 2.72. The highest BCUT2D eigenvalue weighted by Gasteiger charge is 2.20. The molecule has 0 aromatic heterocycles. The van der Waals surface area contributed by atoms with Crippen molar-refractivity contribution >= 4 is 35.8 Å². The van der Waals surface area contributed by atoms with Crippen molar-refractivity contribution < 1.29 is 9.90 Å². The van der Waals surface area contributed by atoms with E-state index in [1.54, 1.807) is 18.2 Å². The maximum Gasteiger partial charge on any atom is 0.251 e. The maximum absolute atomic E-state index is 12.1. The summed E-state index contributed by atoms with van der Waals surface area (Å²) in [6.45, 7) is 9.09. The van der Waals surface area contributed by atoms with Crippen molar-refractivity contribution in [3.05, 3.63) is 65.7 Å². The molecule has 0 atom stereocenters. The number of aromatic hydroxyl groups is 1. The normalized spacial score (nSPS) is 11.4. The lowest BCUT2D eigenvalue weighted by Gasteiger charge is -2.24. The van der Waals surface area contributed by atoms with Gasteiger partial charge in [0.15, 0.2) is 5.96 Å². The van der Waals surface area contributed by atoms with Crippen molar-refractivity contribution in [2.75, 3.05) is 26.2 Å². The van der Waals surface area contributed by atoms with Gasteiger partial charge in [0, 0.05) is 30.6 Å². The van der Waals surface area contributed by atoms with Crippen molar-refractivity contribution in [2.45, 2.75) is 32.6 Å². The fourth-order valence-corrected chi connectivity index (χ4v) is 2.85. The Labute approximate surface area is 196 Å². The van der Waals surface area contributed by atoms with E-state index >= 15 is 0 Å². The molecule has 0 unspecified atom stereocenters. The molecule has 164 valence electrons. The highest BCUT2D eigenvalue weighted by molar-refractivity contribution is 14.0. The molecule has 0 aliphatic carbocycles. The molecule has 2 aromatic carbocycles. The fourth-order valence-electron chi connectivity index (χ4n) is 2.85. The summed E-state index contributed by atoms with van der Waals surface area (Å²) in [6.07, 6.45) is 0.761. The van der Waals surface area contributed by atoms with Crippen LogP contribution in [0.3, 0.4) is 0 Å². The van der Waals surface area contributed by atoms with Crippen LogP contribution in [-0.2, 0) is 5.41 Å². The van der Waals surface area contributed by atoms with Crippen LogP contribution in [0.2, 0.25) is 0 Å². The molecule has 4 N–H and O–H groups in total. The third kappa shape index (κ3) is 8.61. The van der Waals surface area contributed by atoms with E-state index in [9.17, 15) is 9.90 Å². The molecular formula is C23H33IN4O2. The van der Waals surface area contributed by atoms with Gasteiger partial charge in [0.25, 0.3) is 5.91 Å². The molecule has 2 rings (SSSR count). The summed E-state index contributed by atoms with van der Waals surface area (Å²) in [4.78, 5) is 16.8. The summed E-state index contributed by atoms with van der Waals surface area (Å²) in [6, 6.07) is 16.7. The van der Waals surface area contributed by atoms with Crippen molar-refractivity contribution in [1.29, 1.82) is 0 Å². The number of carbonyl (C=O) groups is 1. The molecule has 0 saturated carbocycles. The smallest absolute Gasteiger partial charge is 0.251 e. The molecule has 0 aliphatic heterocycles. The largest absolute Gasteiger partial charge is 0.508 e. The lowest BCUT2D eigenvalue weighted by molar-refractivity contribution is 0.0953. The molecule has 2 aromatic rings. The lowest BCUT2D eigenvalue weighted by atomic mass is 9.85. The van der Waals surface area contributed by atoms with Gasteiger partial charge in [0.1, 0.15) is 5.75 Å². The highest BCUT2D eigenvalue weighted by atomic mass is 127. The minimum atomic E-state index is -0.189. The number of phenols is 1. The summed E-state index contributed by atoms with van der Waals surface area (Å²) < 4.78 is 0. The predicted octanol–water partition coefficient (Wildman–Crippen LogP) is 3.66. The molecule has 30 heavy (non-hydrogen) atoms. The van der Waals surface area contributed by atoms with Gasteiger partial charge in [-0.15, -0.1) is 24.0 Å². The van der Waals surface area contributed by atoms with E-state index in [1.807, 2.05) is 13.0 Å². The highest BCUT2D eigenvalue weighted by Crippen LogP contribution is 2.22. The first-order valence-corrected chi connectivity index (χ1v) is 10.1. The van der Waals surface area contributed by atoms with Crippen LogP contribution >= 0.6 is 24.0 Å². The molecule has 7 heteroatoms. The van der Waals surface area contributed by atoms with E-state index in [0.717, 1.165) is 18.9 Å². The molecule has 6 nitrogen and oxygen atoms in total. The number of amides is 1. The van der Waals surface area contributed by atoms with Crippen LogP contribution in [0.4, 0.5) is 0 Å². The summed E-state index contributed by atoms with van der Waals surface area (Å²) in [5.41, 5.74) is 1.66. The Morgan fingerprint density at radius 2 is 1.70 bits per heavy atom. The molecule has 0 saturated heterocycles. The number of nitrogens with one attached hydrogen (secondary N) is 3. The Morgan fingerprint density at radius 1 is 1.00 bits per heavy atom. The molecule has 0 bridgehead atoms. The second-order valence-electron chi connectivity index (χ2n) is 7.53. The van der Waals surface area contributed by atoms with Crippen LogP contribution in [0.5, 0.6) is 5.75 Å². The molecule has 0 spiro atoms. The van der Waals surface area contributed by atoms with Crippen LogP contribution in [0.25, 0.3) is 0 Å². The molecule has 1 amide bonds. The number of halogens is 1. The van der Waals surface area contributed by atoms with E-state index in [4.69, 9.17) is 4.99 Å². The van der Waals surface area contributed by atoms with E-state index in [1.165, 1.54) is 11.6 Å². The second kappa shape index (κ2) is 13.1. The van der Waals surface area contributed by atoms with Crippen molar-refractivity contribution in [3.63, 3.8) is 0 Å². The van der Waals surface area contributed by atoms with Gasteiger partial charge >= 0.3 is 0 Å². The first-order chi connectivity index (χ1) is 13.9. The van der Waals surface area contributed by atoms with Gasteiger partial charge in [-0.3, -0.25) is 9.79 Å². The second-order valence-corrected chi connectivity index (χ2v) is 7.53. The SMILES string of the molecule is CCNC(=NCC(C)(C)c1ccccc1)NCCCNC(=O)c1cccc(O)c1.I. The molecule has 0 fully saturated rings. The van der Waals surface area contributed by atoms with Gasteiger partial charge in [0.2, 0.25) is 0 Å². The third-order valence-corrected chi connectivity index (χ3v) is 4.57. The summed E-state index contributed by atoms with van der Waals surface area (Å²) >= 11 is 0. The minimum Gasteiger partial charge on any atom is -0.508 e. The zero-order chi connectivity index (χ0) is 21.1. The van der Waals surface area contributed by atoms with Crippen LogP contribution in [0, 0.1) is 0 Å². The number of rotatable bonds is 9. The van der Waals surface area contributed by atoms with Crippen LogP contribution in [0.1, 0.15) is 43.1 Å². The molecule has 0 radical (unpaired) electrons. The third-order valence-electron chi connectivity index (χ3n) is 4.57. The number of hydrogen-bond acceptors (Lipinski definition) is 3. The maximum atomic E-state index is 12.1. The van der Waals surface area contributed by atoms with Gasteiger partial charge < -0.3 is 21.1 Å². The first kappa shape index (κ1) is 25.7. The Bertz CT molecular complexity index is 810. The van der Waals surface area contributed by atoms with Crippen LogP contribution < -0.4 is 16.0 Å². The number of guanidine groups is 1. The number of hydrogen-bond donors (Lipinski definition) is 4. The summed E-state index contributed by atoms with van der Waals surface area (Å²) in [5.74, 6) is 0.672. The topological polar surface area (TPSA) is 85.8 Å². The van der Waals surface area contributed by atoms with Gasteiger partial charge in [-0.2, -0.15) is 0 Å². The Morgan fingerprint density at radius 3 is 2.37 bits per heavy atom.